The number of amides is 5. The second-order valence-electron chi connectivity index (χ2n) is 10.6. The van der Waals surface area contributed by atoms with Crippen LogP contribution in [0.15, 0.2) is 30.3 Å². The van der Waals surface area contributed by atoms with E-state index in [2.05, 4.69) is 10.6 Å². The molecule has 13 heteroatoms. The van der Waals surface area contributed by atoms with Crippen molar-refractivity contribution in [3.63, 3.8) is 0 Å². The number of carbonyl (C=O) groups is 6. The van der Waals surface area contributed by atoms with Crippen LogP contribution in [0.2, 0.25) is 0 Å². The standard InChI is InChI=1S/C26H35N5O8/c1-16(29-11-19(32)27-20(33)12-29)17(2)30-13-21(34)31(22(35)14-30)15-38-24(36)23(18-9-7-6-8-10-18)28-25(37)39-26(3,4)5/h6-10,16-17,23H,11-15H2,1-5H3,(H,28,37)(H,27,32,33). The number of hydrogen-bond donors (Lipinski definition) is 2. The molecule has 2 N–H and O–H groups in total. The zero-order valence-electron chi connectivity index (χ0n) is 22.8. The van der Waals surface area contributed by atoms with Gasteiger partial charge in [-0.3, -0.25) is 34.3 Å². The smallest absolute Gasteiger partial charge is 0.408 e. The van der Waals surface area contributed by atoms with Gasteiger partial charge in [-0.15, -0.1) is 0 Å². The van der Waals surface area contributed by atoms with Crippen molar-refractivity contribution in [2.45, 2.75) is 58.3 Å². The SMILES string of the molecule is CC(C(C)N1CC(=O)N(COC(=O)C(NC(=O)OC(C)(C)C)c2ccccc2)C(=O)C1)N1CC(=O)NC(=O)C1. The van der Waals surface area contributed by atoms with Crippen LogP contribution in [0.3, 0.4) is 0 Å². The third kappa shape index (κ3) is 8.07. The van der Waals surface area contributed by atoms with Crippen LogP contribution in [0.4, 0.5) is 4.79 Å². The number of alkyl carbamates (subject to hydrolysis) is 1. The number of esters is 1. The van der Waals surface area contributed by atoms with Gasteiger partial charge in [-0.25, -0.2) is 14.5 Å². The molecule has 0 aromatic heterocycles. The lowest BCUT2D eigenvalue weighted by atomic mass is 10.1. The lowest BCUT2D eigenvalue weighted by Crippen LogP contribution is -2.62. The maximum atomic E-state index is 13.0. The van der Waals surface area contributed by atoms with Crippen LogP contribution in [0.5, 0.6) is 0 Å². The molecule has 2 aliphatic heterocycles. The number of hydrogen-bond acceptors (Lipinski definition) is 10. The van der Waals surface area contributed by atoms with E-state index in [1.165, 1.54) is 0 Å². The molecular formula is C26H35N5O8. The summed E-state index contributed by atoms with van der Waals surface area (Å²) in [6.07, 6.45) is -0.829. The molecule has 212 valence electrons. The van der Waals surface area contributed by atoms with Crippen molar-refractivity contribution in [2.75, 3.05) is 32.9 Å². The van der Waals surface area contributed by atoms with Crippen LogP contribution < -0.4 is 10.6 Å². The van der Waals surface area contributed by atoms with Crippen molar-refractivity contribution in [2.24, 2.45) is 0 Å². The van der Waals surface area contributed by atoms with Crippen molar-refractivity contribution < 1.29 is 38.2 Å². The molecule has 1 aromatic rings. The monoisotopic (exact) mass is 545 g/mol. The number of rotatable bonds is 8. The molecule has 0 aliphatic carbocycles. The van der Waals surface area contributed by atoms with E-state index in [4.69, 9.17) is 9.47 Å². The number of ether oxygens (including phenoxy) is 2. The highest BCUT2D eigenvalue weighted by Gasteiger charge is 2.38. The summed E-state index contributed by atoms with van der Waals surface area (Å²) in [5.74, 6) is -2.81. The molecule has 1 aromatic carbocycles. The fourth-order valence-corrected chi connectivity index (χ4v) is 4.26. The molecule has 13 nitrogen and oxygen atoms in total. The Morgan fingerprint density at radius 3 is 1.92 bits per heavy atom. The Kier molecular flexibility index (Phi) is 9.41. The van der Waals surface area contributed by atoms with E-state index in [9.17, 15) is 28.8 Å². The van der Waals surface area contributed by atoms with Crippen LogP contribution >= 0.6 is 0 Å². The van der Waals surface area contributed by atoms with Gasteiger partial charge in [0.15, 0.2) is 12.8 Å². The number of nitrogens with zero attached hydrogens (tertiary/aromatic N) is 3. The number of piperazine rings is 2. The van der Waals surface area contributed by atoms with Crippen molar-refractivity contribution in [3.8, 4) is 0 Å². The first kappa shape index (κ1) is 29.7. The van der Waals surface area contributed by atoms with Gasteiger partial charge in [0.05, 0.1) is 26.2 Å². The summed E-state index contributed by atoms with van der Waals surface area (Å²) < 4.78 is 10.5. The van der Waals surface area contributed by atoms with Crippen molar-refractivity contribution in [1.82, 2.24) is 25.3 Å². The Labute approximate surface area is 226 Å². The molecule has 39 heavy (non-hydrogen) atoms. The van der Waals surface area contributed by atoms with E-state index in [1.54, 1.807) is 60.9 Å². The minimum atomic E-state index is -1.22. The van der Waals surface area contributed by atoms with Crippen LogP contribution in [-0.2, 0) is 33.4 Å². The quantitative estimate of drug-likeness (QED) is 0.341. The molecule has 0 bridgehead atoms. The molecule has 3 atom stereocenters. The third-order valence-electron chi connectivity index (χ3n) is 6.47. The fourth-order valence-electron chi connectivity index (χ4n) is 4.26. The average Bonchev–Trinajstić information content (AvgIpc) is 2.84. The minimum Gasteiger partial charge on any atom is -0.444 e. The maximum Gasteiger partial charge on any atom is 0.408 e. The number of imide groups is 2. The highest BCUT2D eigenvalue weighted by Crippen LogP contribution is 2.19. The van der Waals surface area contributed by atoms with Crippen molar-refractivity contribution in [3.05, 3.63) is 35.9 Å². The summed E-state index contributed by atoms with van der Waals surface area (Å²) in [4.78, 5) is 78.7. The Balaban J connectivity index is 1.61. The highest BCUT2D eigenvalue weighted by molar-refractivity contribution is 6.00. The topological polar surface area (TPSA) is 155 Å². The Bertz CT molecular complexity index is 1090. The van der Waals surface area contributed by atoms with Gasteiger partial charge in [-0.1, -0.05) is 30.3 Å². The van der Waals surface area contributed by atoms with Gasteiger partial charge < -0.3 is 14.8 Å². The fraction of sp³-hybridized carbons (Fsp3) is 0.538. The summed E-state index contributed by atoms with van der Waals surface area (Å²) in [5, 5.41) is 4.73. The molecule has 3 unspecified atom stereocenters. The Morgan fingerprint density at radius 1 is 0.897 bits per heavy atom. The van der Waals surface area contributed by atoms with E-state index in [0.717, 1.165) is 4.90 Å². The largest absolute Gasteiger partial charge is 0.444 e. The average molecular weight is 546 g/mol. The van der Waals surface area contributed by atoms with Crippen LogP contribution in [0.1, 0.15) is 46.2 Å². The van der Waals surface area contributed by atoms with Gasteiger partial charge in [0.25, 0.3) is 0 Å². The zero-order chi connectivity index (χ0) is 28.9. The molecule has 0 saturated carbocycles. The summed E-state index contributed by atoms with van der Waals surface area (Å²) >= 11 is 0. The normalized spacial score (nSPS) is 19.7. The molecule has 2 aliphatic rings. The van der Waals surface area contributed by atoms with Crippen molar-refractivity contribution in [1.29, 1.82) is 0 Å². The van der Waals surface area contributed by atoms with Gasteiger partial charge >= 0.3 is 12.1 Å². The molecule has 2 heterocycles. The molecule has 2 saturated heterocycles. The molecule has 5 amide bonds. The highest BCUT2D eigenvalue weighted by atomic mass is 16.6. The van der Waals surface area contributed by atoms with Gasteiger partial charge in [0.2, 0.25) is 23.6 Å². The maximum absolute atomic E-state index is 13.0. The first-order chi connectivity index (χ1) is 18.2. The summed E-state index contributed by atoms with van der Waals surface area (Å²) in [6.45, 7) is 7.89. The van der Waals surface area contributed by atoms with E-state index in [-0.39, 0.29) is 38.3 Å². The molecule has 0 spiro atoms. The van der Waals surface area contributed by atoms with Gasteiger partial charge in [0, 0.05) is 12.1 Å². The first-order valence-electron chi connectivity index (χ1n) is 12.6. The lowest BCUT2D eigenvalue weighted by molar-refractivity contribution is -0.166. The predicted octanol–water partition coefficient (Wildman–Crippen LogP) is 0.159. The second kappa shape index (κ2) is 12.3. The summed E-state index contributed by atoms with van der Waals surface area (Å²) in [7, 11) is 0. The lowest BCUT2D eigenvalue weighted by Gasteiger charge is -2.42. The molecule has 0 radical (unpaired) electrons. The minimum absolute atomic E-state index is 0.0367. The van der Waals surface area contributed by atoms with Crippen LogP contribution in [-0.4, -0.2) is 101 Å². The summed E-state index contributed by atoms with van der Waals surface area (Å²) in [6, 6.07) is 6.52. The van der Waals surface area contributed by atoms with E-state index in [0.29, 0.717) is 5.56 Å². The van der Waals surface area contributed by atoms with Gasteiger partial charge in [0.1, 0.15) is 5.60 Å². The predicted molar refractivity (Wildman–Crippen MR) is 137 cm³/mol. The van der Waals surface area contributed by atoms with Crippen LogP contribution in [0.25, 0.3) is 0 Å². The Morgan fingerprint density at radius 2 is 1.41 bits per heavy atom. The van der Waals surface area contributed by atoms with E-state index in [1.807, 2.05) is 13.8 Å². The molecule has 3 rings (SSSR count). The number of nitrogens with one attached hydrogen (secondary N) is 2. The van der Waals surface area contributed by atoms with Crippen molar-refractivity contribution >= 4 is 35.7 Å². The third-order valence-corrected chi connectivity index (χ3v) is 6.47. The van der Waals surface area contributed by atoms with E-state index < -0.39 is 54.1 Å². The zero-order valence-corrected chi connectivity index (χ0v) is 22.8. The number of carbonyl (C=O) groups excluding carboxylic acids is 6. The molecular weight excluding hydrogens is 510 g/mol. The first-order valence-corrected chi connectivity index (χ1v) is 12.6. The van der Waals surface area contributed by atoms with Gasteiger partial charge in [-0.2, -0.15) is 0 Å². The van der Waals surface area contributed by atoms with Crippen LogP contribution in [0, 0.1) is 0 Å². The second-order valence-corrected chi connectivity index (χ2v) is 10.6. The van der Waals surface area contributed by atoms with Gasteiger partial charge in [-0.05, 0) is 40.2 Å². The molecule has 2 fully saturated rings. The Hall–Kier alpha value is -3.84. The number of benzene rings is 1. The summed E-state index contributed by atoms with van der Waals surface area (Å²) in [5.41, 5.74) is -0.360. The van der Waals surface area contributed by atoms with E-state index >= 15 is 0 Å².